The first kappa shape index (κ1) is 19.9. The van der Waals surface area contributed by atoms with Gasteiger partial charge in [-0.05, 0) is 12.0 Å². The molecule has 1 aromatic carbocycles. The minimum absolute atomic E-state index is 0.0628. The first-order chi connectivity index (χ1) is 12.5. The highest BCUT2D eigenvalue weighted by Crippen LogP contribution is 2.18. The lowest BCUT2D eigenvalue weighted by Crippen LogP contribution is -2.58. The van der Waals surface area contributed by atoms with Gasteiger partial charge in [0.25, 0.3) is 0 Å². The highest BCUT2D eigenvalue weighted by Gasteiger charge is 2.33. The summed E-state index contributed by atoms with van der Waals surface area (Å²) >= 11 is 0. The molecule has 26 heavy (non-hydrogen) atoms. The van der Waals surface area contributed by atoms with Crippen LogP contribution in [0.2, 0.25) is 0 Å². The Bertz CT molecular complexity index is 620. The lowest BCUT2D eigenvalue weighted by molar-refractivity contribution is -0.146. The van der Waals surface area contributed by atoms with Gasteiger partial charge >= 0.3 is 5.97 Å². The molecule has 1 heterocycles. The normalized spacial score (nSPS) is 18.7. The van der Waals surface area contributed by atoms with E-state index < -0.39 is 12.0 Å². The monoisotopic (exact) mass is 361 g/mol. The summed E-state index contributed by atoms with van der Waals surface area (Å²) in [5.41, 5.74) is 1.06. The Hall–Kier alpha value is -2.41. The third-order valence-electron chi connectivity index (χ3n) is 4.49. The minimum atomic E-state index is -0.677. The number of rotatable bonds is 8. The van der Waals surface area contributed by atoms with Crippen LogP contribution in [0.15, 0.2) is 30.3 Å². The molecule has 142 valence electrons. The number of methoxy groups -OCH3 is 1. The maximum Gasteiger partial charge on any atom is 0.307 e. The summed E-state index contributed by atoms with van der Waals surface area (Å²) < 4.78 is 4.66. The predicted molar refractivity (Wildman–Crippen MR) is 97.2 cm³/mol. The Morgan fingerprint density at radius 3 is 2.73 bits per heavy atom. The Morgan fingerprint density at radius 2 is 2.08 bits per heavy atom. The third-order valence-corrected chi connectivity index (χ3v) is 4.49. The number of hydrogen-bond donors (Lipinski definition) is 2. The van der Waals surface area contributed by atoms with E-state index in [9.17, 15) is 14.4 Å². The van der Waals surface area contributed by atoms with E-state index in [-0.39, 0.29) is 30.8 Å². The number of piperazine rings is 1. The van der Waals surface area contributed by atoms with Crippen LogP contribution in [-0.4, -0.2) is 55.5 Å². The van der Waals surface area contributed by atoms with Crippen molar-refractivity contribution in [3.8, 4) is 0 Å². The molecule has 0 aliphatic carbocycles. The van der Waals surface area contributed by atoms with Crippen LogP contribution in [0.5, 0.6) is 0 Å². The highest BCUT2D eigenvalue weighted by atomic mass is 16.5. The van der Waals surface area contributed by atoms with Gasteiger partial charge in [0.05, 0.1) is 26.1 Å². The van der Waals surface area contributed by atoms with Gasteiger partial charge in [0.2, 0.25) is 11.8 Å². The van der Waals surface area contributed by atoms with Crippen molar-refractivity contribution in [2.24, 2.45) is 0 Å². The van der Waals surface area contributed by atoms with Gasteiger partial charge in [0.1, 0.15) is 6.04 Å². The average molecular weight is 361 g/mol. The number of hydrogen-bond acceptors (Lipinski definition) is 5. The maximum absolute atomic E-state index is 12.6. The molecule has 1 aliphatic heterocycles. The van der Waals surface area contributed by atoms with Crippen molar-refractivity contribution in [2.45, 2.75) is 38.3 Å². The number of ether oxygens (including phenoxy) is 1. The fraction of sp³-hybridized carbons (Fsp3) is 0.526. The minimum Gasteiger partial charge on any atom is -0.469 e. The van der Waals surface area contributed by atoms with Crippen molar-refractivity contribution >= 4 is 17.8 Å². The van der Waals surface area contributed by atoms with Crippen molar-refractivity contribution in [1.82, 2.24) is 15.5 Å². The molecule has 7 heteroatoms. The molecule has 1 aromatic rings. The summed E-state index contributed by atoms with van der Waals surface area (Å²) in [5.74, 6) is -0.870. The van der Waals surface area contributed by atoms with Crippen LogP contribution in [-0.2, 0) is 19.1 Å². The zero-order chi connectivity index (χ0) is 18.9. The van der Waals surface area contributed by atoms with Gasteiger partial charge in [-0.2, -0.15) is 0 Å². The average Bonchev–Trinajstić information content (AvgIpc) is 2.64. The summed E-state index contributed by atoms with van der Waals surface area (Å²) in [7, 11) is 1.29. The number of carbonyl (C=O) groups excluding carboxylic acids is 3. The van der Waals surface area contributed by atoms with Crippen LogP contribution in [0.25, 0.3) is 0 Å². The van der Waals surface area contributed by atoms with Gasteiger partial charge in [0, 0.05) is 13.1 Å². The molecule has 7 nitrogen and oxygen atoms in total. The quantitative estimate of drug-likeness (QED) is 0.675. The lowest BCUT2D eigenvalue weighted by Gasteiger charge is -2.34. The SMILES string of the molecule is CCC[C@H](NC(=O)CN1CCNC(=O)[C@H]1CC(=O)OC)c1ccccc1. The van der Waals surface area contributed by atoms with Crippen molar-refractivity contribution in [1.29, 1.82) is 0 Å². The van der Waals surface area contributed by atoms with Gasteiger partial charge < -0.3 is 15.4 Å². The van der Waals surface area contributed by atoms with E-state index in [2.05, 4.69) is 22.3 Å². The zero-order valence-corrected chi connectivity index (χ0v) is 15.4. The van der Waals surface area contributed by atoms with E-state index in [4.69, 9.17) is 0 Å². The summed E-state index contributed by atoms with van der Waals surface area (Å²) in [6.07, 6.45) is 1.71. The van der Waals surface area contributed by atoms with E-state index in [1.807, 2.05) is 30.3 Å². The van der Waals surface area contributed by atoms with Gasteiger partial charge in [0.15, 0.2) is 0 Å². The summed E-state index contributed by atoms with van der Waals surface area (Å²) in [6.45, 7) is 3.12. The standard InChI is InChI=1S/C19H27N3O4/c1-3-7-15(14-8-5-4-6-9-14)21-17(23)13-22-11-10-20-19(25)16(22)12-18(24)26-2/h4-6,8-9,15-16H,3,7,10-13H2,1-2H3,(H,20,25)(H,21,23)/t15-,16+/m0/s1. The first-order valence-corrected chi connectivity index (χ1v) is 8.98. The molecule has 0 radical (unpaired) electrons. The Kier molecular flexibility index (Phi) is 7.59. The number of nitrogens with one attached hydrogen (secondary N) is 2. The Balaban J connectivity index is 2.01. The van der Waals surface area contributed by atoms with Crippen LogP contribution < -0.4 is 10.6 Å². The van der Waals surface area contributed by atoms with Crippen LogP contribution >= 0.6 is 0 Å². The molecule has 2 N–H and O–H groups in total. The van der Waals surface area contributed by atoms with Gasteiger partial charge in [-0.15, -0.1) is 0 Å². The zero-order valence-electron chi connectivity index (χ0n) is 15.4. The topological polar surface area (TPSA) is 87.7 Å². The molecular formula is C19H27N3O4. The van der Waals surface area contributed by atoms with Crippen molar-refractivity contribution in [2.75, 3.05) is 26.7 Å². The molecule has 2 atom stereocenters. The second-order valence-corrected chi connectivity index (χ2v) is 6.38. The molecule has 0 aromatic heterocycles. The van der Waals surface area contributed by atoms with E-state index in [1.165, 1.54) is 7.11 Å². The largest absolute Gasteiger partial charge is 0.469 e. The van der Waals surface area contributed by atoms with Gasteiger partial charge in [-0.1, -0.05) is 43.7 Å². The highest BCUT2D eigenvalue weighted by molar-refractivity contribution is 5.88. The smallest absolute Gasteiger partial charge is 0.307 e. The molecule has 2 amide bonds. The molecule has 0 saturated carbocycles. The summed E-state index contributed by atoms with van der Waals surface area (Å²) in [5, 5.41) is 5.79. The molecule has 0 unspecified atom stereocenters. The number of carbonyl (C=O) groups is 3. The summed E-state index contributed by atoms with van der Waals surface area (Å²) in [6, 6.07) is 9.09. The Morgan fingerprint density at radius 1 is 1.35 bits per heavy atom. The Labute approximate surface area is 154 Å². The van der Waals surface area contributed by atoms with Crippen LogP contribution in [0, 0.1) is 0 Å². The van der Waals surface area contributed by atoms with Crippen LogP contribution in [0.4, 0.5) is 0 Å². The molecule has 1 fully saturated rings. The second-order valence-electron chi connectivity index (χ2n) is 6.38. The molecule has 2 rings (SSSR count). The van der Waals surface area contributed by atoms with Crippen molar-refractivity contribution in [3.63, 3.8) is 0 Å². The maximum atomic E-state index is 12.6. The van der Waals surface area contributed by atoms with Crippen molar-refractivity contribution in [3.05, 3.63) is 35.9 Å². The van der Waals surface area contributed by atoms with E-state index in [1.54, 1.807) is 4.90 Å². The molecule has 0 spiro atoms. The molecular weight excluding hydrogens is 334 g/mol. The van der Waals surface area contributed by atoms with Crippen LogP contribution in [0.3, 0.4) is 0 Å². The van der Waals surface area contributed by atoms with E-state index in [0.717, 1.165) is 18.4 Å². The third kappa shape index (κ3) is 5.56. The first-order valence-electron chi connectivity index (χ1n) is 8.98. The predicted octanol–water partition coefficient (Wildman–Crippen LogP) is 1.01. The molecule has 1 saturated heterocycles. The second kappa shape index (κ2) is 9.91. The molecule has 0 bridgehead atoms. The lowest BCUT2D eigenvalue weighted by atomic mass is 10.0. The number of benzene rings is 1. The number of amides is 2. The summed E-state index contributed by atoms with van der Waals surface area (Å²) in [4.78, 5) is 38.0. The van der Waals surface area contributed by atoms with E-state index in [0.29, 0.717) is 13.1 Å². The van der Waals surface area contributed by atoms with Crippen LogP contribution in [0.1, 0.15) is 37.8 Å². The van der Waals surface area contributed by atoms with E-state index >= 15 is 0 Å². The fourth-order valence-electron chi connectivity index (χ4n) is 3.14. The van der Waals surface area contributed by atoms with Gasteiger partial charge in [-0.25, -0.2) is 0 Å². The van der Waals surface area contributed by atoms with Crippen molar-refractivity contribution < 1.29 is 19.1 Å². The number of nitrogens with zero attached hydrogens (tertiary/aromatic N) is 1. The number of esters is 1. The van der Waals surface area contributed by atoms with Gasteiger partial charge in [-0.3, -0.25) is 19.3 Å². The fourth-order valence-corrected chi connectivity index (χ4v) is 3.14. The molecule has 1 aliphatic rings.